The molecule has 0 aliphatic carbocycles. The summed E-state index contributed by atoms with van der Waals surface area (Å²) in [7, 11) is 0. The zero-order chi connectivity index (χ0) is 11.1. The Kier molecular flexibility index (Phi) is 4.87. The molecule has 0 fully saturated rings. The molecule has 1 rings (SSSR count). The van der Waals surface area contributed by atoms with Crippen molar-refractivity contribution in [2.75, 3.05) is 13.2 Å². The molecule has 0 aromatic heterocycles. The minimum absolute atomic E-state index is 0.0442. The van der Waals surface area contributed by atoms with Crippen molar-refractivity contribution >= 4 is 17.4 Å². The van der Waals surface area contributed by atoms with Crippen molar-refractivity contribution in [2.45, 2.75) is 6.42 Å². The smallest absolute Gasteiger partial charge is 0.167 e. The fourth-order valence-electron chi connectivity index (χ4n) is 0.964. The molecule has 0 saturated heterocycles. The molecule has 2 nitrogen and oxygen atoms in total. The normalized spacial score (nSPS) is 9.47. The van der Waals surface area contributed by atoms with E-state index in [2.05, 4.69) is 22.4 Å². The molecule has 0 radical (unpaired) electrons. The minimum atomic E-state index is -0.701. The van der Waals surface area contributed by atoms with Gasteiger partial charge in [0, 0.05) is 12.5 Å². The van der Waals surface area contributed by atoms with Gasteiger partial charge in [0.05, 0.1) is 18.3 Å². The van der Waals surface area contributed by atoms with Crippen LogP contribution in [0.25, 0.3) is 0 Å². The Labute approximate surface area is 91.6 Å². The molecule has 80 valence electrons. The molecule has 0 aliphatic heterocycles. The lowest BCUT2D eigenvalue weighted by Crippen LogP contribution is -2.00. The molecule has 0 unspecified atom stereocenters. The van der Waals surface area contributed by atoms with Crippen LogP contribution in [0.3, 0.4) is 0 Å². The third-order valence-corrected chi connectivity index (χ3v) is 1.76. The molecule has 0 amide bonds. The maximum absolute atomic E-state index is 13.0. The van der Waals surface area contributed by atoms with E-state index in [-0.39, 0.29) is 5.75 Å². The summed E-state index contributed by atoms with van der Waals surface area (Å²) in [6.45, 7) is 0.801. The summed E-state index contributed by atoms with van der Waals surface area (Å²) in [5.74, 6) is -1.28. The van der Waals surface area contributed by atoms with Crippen LogP contribution < -0.4 is 4.74 Å². The lowest BCUT2D eigenvalue weighted by atomic mass is 10.3. The van der Waals surface area contributed by atoms with Crippen LogP contribution in [0.1, 0.15) is 6.42 Å². The van der Waals surface area contributed by atoms with Crippen LogP contribution in [0.4, 0.5) is 8.78 Å². The number of rotatable bonds is 5. The summed E-state index contributed by atoms with van der Waals surface area (Å²) in [5, 5.41) is 2.21. The molecular weight excluding hydrogens is 220 g/mol. The van der Waals surface area contributed by atoms with Crippen LogP contribution in [0, 0.1) is 11.6 Å². The first-order chi connectivity index (χ1) is 7.24. The zero-order valence-corrected chi connectivity index (χ0v) is 8.69. The van der Waals surface area contributed by atoms with Gasteiger partial charge in [-0.3, -0.25) is 0 Å². The Hall–Kier alpha value is -1.32. The van der Waals surface area contributed by atoms with Gasteiger partial charge in [-0.05, 0) is 24.4 Å². The highest BCUT2D eigenvalue weighted by Gasteiger charge is 2.03. The summed E-state index contributed by atoms with van der Waals surface area (Å²) < 4.78 is 30.6. The first-order valence-corrected chi connectivity index (χ1v) is 4.76. The predicted octanol–water partition coefficient (Wildman–Crippen LogP) is 2.84. The molecule has 0 spiro atoms. The van der Waals surface area contributed by atoms with E-state index in [0.717, 1.165) is 12.1 Å². The predicted molar refractivity (Wildman–Crippen MR) is 56.4 cm³/mol. The van der Waals surface area contributed by atoms with Crippen molar-refractivity contribution in [2.24, 2.45) is 4.99 Å². The van der Waals surface area contributed by atoms with E-state index < -0.39 is 11.6 Å². The second-order valence-corrected chi connectivity index (χ2v) is 2.93. The molecule has 0 heterocycles. The van der Waals surface area contributed by atoms with Crippen LogP contribution in [0.15, 0.2) is 23.2 Å². The van der Waals surface area contributed by atoms with Crippen molar-refractivity contribution in [1.29, 1.82) is 0 Å². The Morgan fingerprint density at radius 3 is 2.87 bits per heavy atom. The Bertz CT molecular complexity index is 378. The van der Waals surface area contributed by atoms with Gasteiger partial charge in [0.1, 0.15) is 5.82 Å². The van der Waals surface area contributed by atoms with Gasteiger partial charge < -0.3 is 4.74 Å². The largest absolute Gasteiger partial charge is 0.490 e. The van der Waals surface area contributed by atoms with E-state index >= 15 is 0 Å². The van der Waals surface area contributed by atoms with Crippen molar-refractivity contribution in [1.82, 2.24) is 0 Å². The number of hydrogen-bond acceptors (Lipinski definition) is 3. The van der Waals surface area contributed by atoms with Gasteiger partial charge in [-0.1, -0.05) is 0 Å². The third-order valence-electron chi connectivity index (χ3n) is 1.63. The minimum Gasteiger partial charge on any atom is -0.490 e. The van der Waals surface area contributed by atoms with E-state index in [1.54, 1.807) is 0 Å². The molecule has 5 heteroatoms. The number of benzene rings is 1. The van der Waals surface area contributed by atoms with Gasteiger partial charge in [0.2, 0.25) is 0 Å². The van der Waals surface area contributed by atoms with Crippen molar-refractivity contribution in [3.63, 3.8) is 0 Å². The number of aliphatic imine (C=N–C) groups is 1. The Morgan fingerprint density at radius 1 is 1.40 bits per heavy atom. The van der Waals surface area contributed by atoms with Crippen molar-refractivity contribution < 1.29 is 13.5 Å². The molecule has 1 aromatic carbocycles. The topological polar surface area (TPSA) is 21.6 Å². The summed E-state index contributed by atoms with van der Waals surface area (Å²) in [6, 6.07) is 3.19. The van der Waals surface area contributed by atoms with Crippen LogP contribution in [-0.4, -0.2) is 18.3 Å². The van der Waals surface area contributed by atoms with Crippen LogP contribution in [0.2, 0.25) is 0 Å². The standard InChI is InChI=1S/C10H9F2NOS/c11-8-2-3-10(9(12)6-8)14-5-1-4-13-7-15/h2-3,6H,1,4-5H2. The average molecular weight is 229 g/mol. The number of thiocarbonyl (C=S) groups is 1. The van der Waals surface area contributed by atoms with Crippen molar-refractivity contribution in [3.05, 3.63) is 29.8 Å². The molecule has 0 aliphatic rings. The molecular formula is C10H9F2NOS. The van der Waals surface area contributed by atoms with Gasteiger partial charge >= 0.3 is 0 Å². The fraction of sp³-hybridized carbons (Fsp3) is 0.300. The van der Waals surface area contributed by atoms with Gasteiger partial charge in [-0.15, -0.1) is 0 Å². The summed E-state index contributed by atoms with van der Waals surface area (Å²) >= 11 is 4.37. The number of hydrogen-bond donors (Lipinski definition) is 0. The van der Waals surface area contributed by atoms with Crippen molar-refractivity contribution in [3.8, 4) is 5.75 Å². The second-order valence-electron chi connectivity index (χ2n) is 2.75. The molecule has 15 heavy (non-hydrogen) atoms. The first kappa shape index (κ1) is 11.8. The molecule has 0 saturated carbocycles. The lowest BCUT2D eigenvalue weighted by Gasteiger charge is -2.05. The molecule has 0 atom stereocenters. The van der Waals surface area contributed by atoms with E-state index in [1.807, 2.05) is 0 Å². The van der Waals surface area contributed by atoms with Crippen LogP contribution in [-0.2, 0) is 0 Å². The number of nitrogens with zero attached hydrogens (tertiary/aromatic N) is 1. The Balaban J connectivity index is 2.40. The summed E-state index contributed by atoms with van der Waals surface area (Å²) in [4.78, 5) is 3.67. The maximum atomic E-state index is 13.0. The monoisotopic (exact) mass is 229 g/mol. The summed E-state index contributed by atoms with van der Waals surface area (Å²) in [5.41, 5.74) is 0. The van der Waals surface area contributed by atoms with Crippen LogP contribution in [0.5, 0.6) is 5.75 Å². The van der Waals surface area contributed by atoms with Gasteiger partial charge in [0.25, 0.3) is 0 Å². The lowest BCUT2D eigenvalue weighted by molar-refractivity contribution is 0.297. The van der Waals surface area contributed by atoms with E-state index in [9.17, 15) is 8.78 Å². The van der Waals surface area contributed by atoms with E-state index in [0.29, 0.717) is 19.6 Å². The van der Waals surface area contributed by atoms with Crippen LogP contribution >= 0.6 is 12.2 Å². The van der Waals surface area contributed by atoms with Gasteiger partial charge in [-0.25, -0.2) is 13.8 Å². The highest BCUT2D eigenvalue weighted by Crippen LogP contribution is 2.17. The van der Waals surface area contributed by atoms with E-state index in [4.69, 9.17) is 4.74 Å². The van der Waals surface area contributed by atoms with Gasteiger partial charge in [-0.2, -0.15) is 0 Å². The SMILES string of the molecule is Fc1ccc(OCCCN=C=S)c(F)c1. The third kappa shape index (κ3) is 4.14. The highest BCUT2D eigenvalue weighted by atomic mass is 32.1. The van der Waals surface area contributed by atoms with Gasteiger partial charge in [0.15, 0.2) is 11.6 Å². The second kappa shape index (κ2) is 6.22. The molecule has 0 bridgehead atoms. The number of isothiocyanates is 1. The maximum Gasteiger partial charge on any atom is 0.167 e. The fourth-order valence-corrected chi connectivity index (χ4v) is 1.05. The number of ether oxygens (including phenoxy) is 1. The first-order valence-electron chi connectivity index (χ1n) is 4.35. The molecule has 1 aromatic rings. The highest BCUT2D eigenvalue weighted by molar-refractivity contribution is 7.78. The average Bonchev–Trinajstić information content (AvgIpc) is 2.20. The van der Waals surface area contributed by atoms with E-state index in [1.165, 1.54) is 6.07 Å². The summed E-state index contributed by atoms with van der Waals surface area (Å²) in [6.07, 6.45) is 0.612. The Morgan fingerprint density at radius 2 is 2.20 bits per heavy atom. The zero-order valence-electron chi connectivity index (χ0n) is 7.87. The molecule has 0 N–H and O–H groups in total. The number of halogens is 2. The quantitative estimate of drug-likeness (QED) is 0.440.